The van der Waals surface area contributed by atoms with Gasteiger partial charge in [-0.2, -0.15) is 0 Å². The first-order valence-electron chi connectivity index (χ1n) is 23.2. The molecule has 0 aromatic carbocycles. The molecule has 57 heavy (non-hydrogen) atoms. The summed E-state index contributed by atoms with van der Waals surface area (Å²) in [6.45, 7) is 30.5. The minimum Gasteiger partial charge on any atom is -0.377 e. The van der Waals surface area contributed by atoms with Crippen LogP contribution in [0.5, 0.6) is 0 Å². The normalized spacial score (nSPS) is 15.9. The summed E-state index contributed by atoms with van der Waals surface area (Å²) in [7, 11) is -1.07. The highest BCUT2D eigenvalue weighted by Crippen LogP contribution is 2.22. The Labute approximate surface area is 353 Å². The Bertz CT molecular complexity index is 1040. The number of hydrogen-bond donors (Lipinski definition) is 5. The molecule has 2 saturated carbocycles. The van der Waals surface area contributed by atoms with E-state index in [2.05, 4.69) is 93.8 Å². The van der Waals surface area contributed by atoms with Crippen molar-refractivity contribution in [2.75, 3.05) is 33.3 Å². The minimum absolute atomic E-state index is 0.0433. The fourth-order valence-electron chi connectivity index (χ4n) is 7.11. The monoisotopic (exact) mass is 824 g/mol. The third-order valence-electron chi connectivity index (χ3n) is 9.56. The lowest BCUT2D eigenvalue weighted by Gasteiger charge is -2.33. The van der Waals surface area contributed by atoms with Crippen molar-refractivity contribution in [1.82, 2.24) is 31.5 Å². The molecular formula is C44H93N9O3Si. The zero-order valence-electron chi connectivity index (χ0n) is 39.6. The number of nitrogens with zero attached hydrogens (tertiary/aromatic N) is 4. The van der Waals surface area contributed by atoms with E-state index < -0.39 is 8.80 Å². The van der Waals surface area contributed by atoms with E-state index in [0.717, 1.165) is 50.0 Å². The highest BCUT2D eigenvalue weighted by atomic mass is 28.4. The summed E-state index contributed by atoms with van der Waals surface area (Å²) in [5, 5.41) is 17.8. The molecule has 12 nitrogen and oxygen atoms in total. The van der Waals surface area contributed by atoms with Gasteiger partial charge in [0.1, 0.15) is 0 Å². The molecule has 2 rings (SSSR count). The summed E-state index contributed by atoms with van der Waals surface area (Å²) in [4.78, 5) is 16.9. The van der Waals surface area contributed by atoms with Gasteiger partial charge < -0.3 is 44.8 Å². The van der Waals surface area contributed by atoms with Gasteiger partial charge >= 0.3 is 8.80 Å². The molecule has 0 unspecified atom stereocenters. The Morgan fingerprint density at radius 3 is 1.53 bits per heavy atom. The fourth-order valence-corrected chi connectivity index (χ4v) is 9.83. The molecule has 0 saturated heterocycles. The molecule has 2 aliphatic carbocycles. The van der Waals surface area contributed by atoms with Gasteiger partial charge in [0, 0.05) is 81.2 Å². The summed E-state index contributed by atoms with van der Waals surface area (Å²) in [5.74, 6) is 2.84. The number of unbranched alkanes of at least 4 members (excludes halogenated alkanes) is 2. The first kappa shape index (κ1) is 52.9. The second-order valence-corrected chi connectivity index (χ2v) is 20.6. The Hall–Kier alpha value is -2.09. The molecule has 0 aromatic rings. The lowest BCUT2D eigenvalue weighted by Crippen LogP contribution is -2.50. The summed E-state index contributed by atoms with van der Waals surface area (Å²) >= 11 is 0. The van der Waals surface area contributed by atoms with Crippen molar-refractivity contribution in [1.29, 1.82) is 0 Å². The van der Waals surface area contributed by atoms with Crippen LogP contribution in [0.3, 0.4) is 0 Å². The number of nitrogens with one attached hydrogen (secondary N) is 5. The fraction of sp³-hybridized carbons (Fsp3) is 0.932. The van der Waals surface area contributed by atoms with Crippen molar-refractivity contribution in [2.45, 2.75) is 234 Å². The molecule has 0 aromatic heterocycles. The van der Waals surface area contributed by atoms with Crippen molar-refractivity contribution in [3.63, 3.8) is 0 Å². The third-order valence-corrected chi connectivity index (χ3v) is 12.8. The van der Waals surface area contributed by atoms with Crippen LogP contribution in [-0.4, -0.2) is 113 Å². The molecule has 0 spiro atoms. The maximum absolute atomic E-state index is 6.25. The smallest absolute Gasteiger partial charge is 0.377 e. The van der Waals surface area contributed by atoms with E-state index in [0.29, 0.717) is 30.7 Å². The molecule has 336 valence electrons. The minimum atomic E-state index is -2.78. The van der Waals surface area contributed by atoms with Crippen LogP contribution in [0, 0.1) is 0 Å². The first-order chi connectivity index (χ1) is 27.1. The predicted molar refractivity (Wildman–Crippen MR) is 248 cm³/mol. The maximum atomic E-state index is 6.25. The van der Waals surface area contributed by atoms with Crippen molar-refractivity contribution in [2.24, 2.45) is 15.0 Å². The van der Waals surface area contributed by atoms with E-state index in [1.807, 2.05) is 27.7 Å². The third kappa shape index (κ3) is 26.6. The zero-order valence-corrected chi connectivity index (χ0v) is 40.6. The maximum Gasteiger partial charge on any atom is 0.501 e. The van der Waals surface area contributed by atoms with Crippen LogP contribution in [-0.2, 0) is 13.3 Å². The summed E-state index contributed by atoms with van der Waals surface area (Å²) in [6, 6.07) is 3.11. The standard InChI is InChI=1S/C26H58N6O3Si.C18H35N3/c1-19(2)28-25(29-20(3)4)27-15-17-32(26(30-21(5)6)31-22(7)8)16-14-18-36(33-13,34-23(9)10)35-24(11)12;1-2-3-10-15-19-18(20-16-11-6-4-7-12-16)21-17-13-8-5-9-14-17/h19-24H,14-18H2,1-13H3,(H,30,31)(H2,27,28,29);16-17H,2-15H2,1H3,(H2,19,20,21). The van der Waals surface area contributed by atoms with Gasteiger partial charge in [0.2, 0.25) is 0 Å². The van der Waals surface area contributed by atoms with Crippen molar-refractivity contribution in [3.8, 4) is 0 Å². The predicted octanol–water partition coefficient (Wildman–Crippen LogP) is 8.61. The highest BCUT2D eigenvalue weighted by Gasteiger charge is 2.41. The second-order valence-electron chi connectivity index (χ2n) is 17.9. The Balaban J connectivity index is 0.000000649. The quantitative estimate of drug-likeness (QED) is 0.0316. The van der Waals surface area contributed by atoms with E-state index in [1.165, 1.54) is 83.5 Å². The largest absolute Gasteiger partial charge is 0.501 e. The molecule has 2 aliphatic rings. The van der Waals surface area contributed by atoms with E-state index >= 15 is 0 Å². The van der Waals surface area contributed by atoms with Crippen LogP contribution in [0.15, 0.2) is 15.0 Å². The van der Waals surface area contributed by atoms with Gasteiger partial charge in [-0.05, 0) is 122 Å². The Morgan fingerprint density at radius 1 is 0.614 bits per heavy atom. The highest BCUT2D eigenvalue weighted by molar-refractivity contribution is 6.60. The molecule has 0 bridgehead atoms. The van der Waals surface area contributed by atoms with Gasteiger partial charge in [0.25, 0.3) is 0 Å². The molecular weight excluding hydrogens is 731 g/mol. The lowest BCUT2D eigenvalue weighted by molar-refractivity contribution is 0.0321. The number of aliphatic imine (C=N–C) groups is 3. The molecule has 2 fully saturated rings. The van der Waals surface area contributed by atoms with Gasteiger partial charge in [-0.3, -0.25) is 15.0 Å². The van der Waals surface area contributed by atoms with Crippen LogP contribution in [0.1, 0.15) is 180 Å². The van der Waals surface area contributed by atoms with Crippen molar-refractivity contribution in [3.05, 3.63) is 0 Å². The zero-order chi connectivity index (χ0) is 42.6. The number of guanidine groups is 3. The van der Waals surface area contributed by atoms with Gasteiger partial charge in [0.05, 0.1) is 6.54 Å². The van der Waals surface area contributed by atoms with Crippen LogP contribution in [0.25, 0.3) is 0 Å². The van der Waals surface area contributed by atoms with E-state index in [1.54, 1.807) is 7.11 Å². The number of rotatable bonds is 22. The van der Waals surface area contributed by atoms with Crippen molar-refractivity contribution >= 4 is 26.7 Å². The Morgan fingerprint density at radius 2 is 1.11 bits per heavy atom. The van der Waals surface area contributed by atoms with Gasteiger partial charge in [-0.25, -0.2) is 0 Å². The Kier molecular flexibility index (Phi) is 28.7. The van der Waals surface area contributed by atoms with Crippen LogP contribution < -0.4 is 26.6 Å². The van der Waals surface area contributed by atoms with Crippen LogP contribution in [0.4, 0.5) is 0 Å². The van der Waals surface area contributed by atoms with Crippen LogP contribution >= 0.6 is 0 Å². The summed E-state index contributed by atoms with van der Waals surface area (Å²) in [5.41, 5.74) is 0. The van der Waals surface area contributed by atoms with E-state index in [4.69, 9.17) is 28.3 Å². The summed E-state index contributed by atoms with van der Waals surface area (Å²) in [6.07, 6.45) is 18.4. The van der Waals surface area contributed by atoms with Gasteiger partial charge in [0.15, 0.2) is 17.9 Å². The molecule has 0 atom stereocenters. The number of hydrogen-bond acceptors (Lipinski definition) is 6. The molecule has 0 radical (unpaired) electrons. The second kappa shape index (κ2) is 30.9. The molecule has 13 heteroatoms. The molecule has 0 amide bonds. The first-order valence-corrected chi connectivity index (χ1v) is 25.2. The van der Waals surface area contributed by atoms with E-state index in [9.17, 15) is 0 Å². The average Bonchev–Trinajstić information content (AvgIpc) is 3.12. The van der Waals surface area contributed by atoms with Gasteiger partial charge in [-0.15, -0.1) is 0 Å². The van der Waals surface area contributed by atoms with Crippen LogP contribution in [0.2, 0.25) is 6.04 Å². The molecule has 5 N–H and O–H groups in total. The summed E-state index contributed by atoms with van der Waals surface area (Å²) < 4.78 is 18.4. The van der Waals surface area contributed by atoms with Gasteiger partial charge in [-0.1, -0.05) is 58.3 Å². The SMILES string of the molecule is CCCCCN=C(NC1CCCCC1)NC1CCCCC1.CO[Si](CCCN(CCN=C(NC(C)C)NC(C)C)C(=NC(C)C)NC(C)C)(OC(C)C)OC(C)C. The average molecular weight is 824 g/mol. The van der Waals surface area contributed by atoms with E-state index in [-0.39, 0.29) is 24.3 Å². The van der Waals surface area contributed by atoms with Crippen molar-refractivity contribution < 1.29 is 13.3 Å². The molecule has 0 heterocycles. The molecule has 0 aliphatic heterocycles. The lowest BCUT2D eigenvalue weighted by atomic mass is 9.95. The topological polar surface area (TPSA) is 128 Å².